The predicted molar refractivity (Wildman–Crippen MR) is 107 cm³/mol. The van der Waals surface area contributed by atoms with E-state index in [1.54, 1.807) is 6.08 Å². The monoisotopic (exact) mass is 346 g/mol. The number of aliphatic hydroxyl groups excluding tert-OH is 1. The molecule has 0 heterocycles. The van der Waals surface area contributed by atoms with E-state index in [2.05, 4.69) is 43.4 Å². The van der Waals surface area contributed by atoms with Crippen molar-refractivity contribution in [2.75, 3.05) is 0 Å². The van der Waals surface area contributed by atoms with Crippen molar-refractivity contribution in [2.24, 2.45) is 0 Å². The highest BCUT2D eigenvalue weighted by Crippen LogP contribution is 2.05. The number of allylic oxidation sites excluding steroid dienone is 8. The number of aliphatic carboxylic acids is 1. The number of hydrogen-bond donors (Lipinski definition) is 2. The number of unbranched alkanes of at least 4 members (excludes halogenated alkanes) is 3. The smallest absolute Gasteiger partial charge is 0.303 e. The number of hydrogen-bond acceptors (Lipinski definition) is 2. The van der Waals surface area contributed by atoms with Gasteiger partial charge in [-0.25, -0.2) is 0 Å². The van der Waals surface area contributed by atoms with Crippen LogP contribution >= 0.6 is 0 Å². The lowest BCUT2D eigenvalue weighted by Gasteiger charge is -1.99. The average Bonchev–Trinajstić information content (AvgIpc) is 2.58. The molecule has 3 nitrogen and oxygen atoms in total. The Balaban J connectivity index is 3.63. The minimum absolute atomic E-state index is 0.256. The van der Waals surface area contributed by atoms with Crippen molar-refractivity contribution < 1.29 is 15.0 Å². The minimum Gasteiger partial charge on any atom is -0.481 e. The summed E-state index contributed by atoms with van der Waals surface area (Å²) >= 11 is 0. The van der Waals surface area contributed by atoms with Crippen LogP contribution < -0.4 is 0 Å². The molecule has 0 aliphatic rings. The first-order chi connectivity index (χ1) is 12.2. The van der Waals surface area contributed by atoms with Gasteiger partial charge in [0.05, 0.1) is 6.10 Å². The highest BCUT2D eigenvalue weighted by atomic mass is 16.4. The average molecular weight is 347 g/mol. The fourth-order valence-electron chi connectivity index (χ4n) is 2.11. The first kappa shape index (κ1) is 23.1. The predicted octanol–water partition coefficient (Wildman–Crippen LogP) is 5.74. The standard InChI is InChI=1S/C22H34O3/c1-2-3-4-5-6-7-8-9-12-15-18-21(23)19-16-13-10-11-14-17-20-22(24)25/h3-4,6-7,9,12-13,15-16,18,21,23H,2,5,8,10-11,14,17,19-20H2,1H3,(H,24,25). The van der Waals surface area contributed by atoms with E-state index in [1.807, 2.05) is 18.2 Å². The van der Waals surface area contributed by atoms with E-state index in [-0.39, 0.29) is 6.42 Å². The first-order valence-corrected chi connectivity index (χ1v) is 9.35. The normalized spacial score (nSPS) is 14.0. The van der Waals surface area contributed by atoms with Gasteiger partial charge in [0.15, 0.2) is 0 Å². The molecule has 0 rings (SSSR count). The molecule has 25 heavy (non-hydrogen) atoms. The van der Waals surface area contributed by atoms with Crippen LogP contribution in [-0.4, -0.2) is 22.3 Å². The van der Waals surface area contributed by atoms with Crippen LogP contribution in [0.15, 0.2) is 60.8 Å². The van der Waals surface area contributed by atoms with Crippen LogP contribution in [0.3, 0.4) is 0 Å². The molecule has 0 radical (unpaired) electrons. The molecular weight excluding hydrogens is 312 g/mol. The van der Waals surface area contributed by atoms with Crippen molar-refractivity contribution in [3.8, 4) is 0 Å². The topological polar surface area (TPSA) is 57.5 Å². The van der Waals surface area contributed by atoms with E-state index in [0.717, 1.165) is 44.9 Å². The SMILES string of the molecule is CCC=CCC=CCC=CC=CC(O)CC=CCCCCCC(=O)O. The maximum atomic E-state index is 10.4. The zero-order valence-electron chi connectivity index (χ0n) is 15.5. The highest BCUT2D eigenvalue weighted by Gasteiger charge is 1.96. The molecule has 0 saturated carbocycles. The van der Waals surface area contributed by atoms with Gasteiger partial charge in [0, 0.05) is 6.42 Å². The number of carboxylic acids is 1. The summed E-state index contributed by atoms with van der Waals surface area (Å²) in [6.07, 6.45) is 27.4. The van der Waals surface area contributed by atoms with Gasteiger partial charge in [0.2, 0.25) is 0 Å². The fourth-order valence-corrected chi connectivity index (χ4v) is 2.11. The molecule has 0 spiro atoms. The van der Waals surface area contributed by atoms with Gasteiger partial charge < -0.3 is 10.2 Å². The molecule has 0 bridgehead atoms. The van der Waals surface area contributed by atoms with E-state index in [1.165, 1.54) is 0 Å². The second-order valence-electron chi connectivity index (χ2n) is 5.90. The second-order valence-corrected chi connectivity index (χ2v) is 5.90. The van der Waals surface area contributed by atoms with Crippen molar-refractivity contribution in [3.05, 3.63) is 60.8 Å². The van der Waals surface area contributed by atoms with Crippen molar-refractivity contribution in [2.45, 2.75) is 70.8 Å². The van der Waals surface area contributed by atoms with Crippen LogP contribution in [0.5, 0.6) is 0 Å². The van der Waals surface area contributed by atoms with E-state index < -0.39 is 12.1 Å². The van der Waals surface area contributed by atoms with E-state index in [9.17, 15) is 9.90 Å². The summed E-state index contributed by atoms with van der Waals surface area (Å²) in [5.74, 6) is -0.723. The largest absolute Gasteiger partial charge is 0.481 e. The van der Waals surface area contributed by atoms with Crippen molar-refractivity contribution in [3.63, 3.8) is 0 Å². The Morgan fingerprint density at radius 3 is 2.32 bits per heavy atom. The lowest BCUT2D eigenvalue weighted by Crippen LogP contribution is -1.98. The Labute approximate surface area is 153 Å². The lowest BCUT2D eigenvalue weighted by molar-refractivity contribution is -0.137. The summed E-state index contributed by atoms with van der Waals surface area (Å²) < 4.78 is 0. The van der Waals surface area contributed by atoms with Gasteiger partial charge in [-0.2, -0.15) is 0 Å². The van der Waals surface area contributed by atoms with Crippen LogP contribution in [0.4, 0.5) is 0 Å². The van der Waals surface area contributed by atoms with Crippen LogP contribution in [0.2, 0.25) is 0 Å². The summed E-state index contributed by atoms with van der Waals surface area (Å²) in [4.78, 5) is 10.4. The zero-order valence-corrected chi connectivity index (χ0v) is 15.5. The maximum absolute atomic E-state index is 10.4. The van der Waals surface area contributed by atoms with Crippen LogP contribution in [0, 0.1) is 0 Å². The second kappa shape index (κ2) is 18.5. The van der Waals surface area contributed by atoms with Gasteiger partial charge >= 0.3 is 5.97 Å². The summed E-state index contributed by atoms with van der Waals surface area (Å²) in [6, 6.07) is 0. The third-order valence-electron chi connectivity index (χ3n) is 3.50. The van der Waals surface area contributed by atoms with Crippen molar-refractivity contribution in [1.82, 2.24) is 0 Å². The third kappa shape index (κ3) is 20.1. The molecule has 0 aromatic carbocycles. The van der Waals surface area contributed by atoms with Crippen molar-refractivity contribution in [1.29, 1.82) is 0 Å². The molecule has 3 heteroatoms. The number of aliphatic hydroxyl groups is 1. The van der Waals surface area contributed by atoms with Crippen LogP contribution in [-0.2, 0) is 4.79 Å². The molecule has 0 aromatic heterocycles. The highest BCUT2D eigenvalue weighted by molar-refractivity contribution is 5.66. The number of carboxylic acid groups (broad SMARTS) is 1. The molecular formula is C22H34O3. The van der Waals surface area contributed by atoms with Gasteiger partial charge in [-0.3, -0.25) is 4.79 Å². The molecule has 2 N–H and O–H groups in total. The van der Waals surface area contributed by atoms with Crippen LogP contribution in [0.25, 0.3) is 0 Å². The summed E-state index contributed by atoms with van der Waals surface area (Å²) in [6.45, 7) is 2.13. The number of rotatable bonds is 15. The molecule has 140 valence electrons. The Kier molecular flexibility index (Phi) is 17.1. The molecule has 0 aromatic rings. The molecule has 1 unspecified atom stereocenters. The Morgan fingerprint density at radius 2 is 1.60 bits per heavy atom. The lowest BCUT2D eigenvalue weighted by atomic mass is 10.1. The van der Waals surface area contributed by atoms with Gasteiger partial charge in [-0.05, 0) is 44.9 Å². The fraction of sp³-hybridized carbons (Fsp3) is 0.500. The van der Waals surface area contributed by atoms with Gasteiger partial charge in [0.1, 0.15) is 0 Å². The molecule has 0 aliphatic carbocycles. The Hall–Kier alpha value is -1.87. The van der Waals surface area contributed by atoms with E-state index in [0.29, 0.717) is 6.42 Å². The van der Waals surface area contributed by atoms with E-state index >= 15 is 0 Å². The quantitative estimate of drug-likeness (QED) is 0.226. The Morgan fingerprint density at radius 1 is 0.880 bits per heavy atom. The molecule has 0 aliphatic heterocycles. The Bertz CT molecular complexity index is 456. The molecule has 0 amide bonds. The molecule has 1 atom stereocenters. The third-order valence-corrected chi connectivity index (χ3v) is 3.50. The van der Waals surface area contributed by atoms with Gasteiger partial charge in [0.25, 0.3) is 0 Å². The summed E-state index contributed by atoms with van der Waals surface area (Å²) in [5.41, 5.74) is 0. The summed E-state index contributed by atoms with van der Waals surface area (Å²) in [5, 5.41) is 18.3. The van der Waals surface area contributed by atoms with Crippen molar-refractivity contribution >= 4 is 5.97 Å². The molecule has 0 fully saturated rings. The number of carbonyl (C=O) groups is 1. The molecule has 0 saturated heterocycles. The summed E-state index contributed by atoms with van der Waals surface area (Å²) in [7, 11) is 0. The maximum Gasteiger partial charge on any atom is 0.303 e. The minimum atomic E-state index is -0.723. The van der Waals surface area contributed by atoms with Gasteiger partial charge in [-0.1, -0.05) is 74.1 Å². The van der Waals surface area contributed by atoms with Gasteiger partial charge in [-0.15, -0.1) is 0 Å². The van der Waals surface area contributed by atoms with E-state index in [4.69, 9.17) is 5.11 Å². The zero-order chi connectivity index (χ0) is 18.6. The van der Waals surface area contributed by atoms with Crippen LogP contribution in [0.1, 0.15) is 64.7 Å². The first-order valence-electron chi connectivity index (χ1n) is 9.35.